The number of methoxy groups -OCH3 is 1. The molecule has 1 atom stereocenters. The van der Waals surface area contributed by atoms with Gasteiger partial charge in [0.05, 0.1) is 18.5 Å². The average Bonchev–Trinajstić information content (AvgIpc) is 2.82. The van der Waals surface area contributed by atoms with Gasteiger partial charge in [0, 0.05) is 30.3 Å². The Morgan fingerprint density at radius 1 is 1.11 bits per heavy atom. The first-order valence-electron chi connectivity index (χ1n) is 10.3. The molecule has 3 aromatic rings. The zero-order valence-corrected chi connectivity index (χ0v) is 18.3. The number of nitro benzene ring substituents is 1. The minimum absolute atomic E-state index is 0.0276. The third-order valence-electron chi connectivity index (χ3n) is 5.28. The maximum atomic E-state index is 12.7. The Labute approximate surface area is 198 Å². The molecule has 10 heteroatoms. The van der Waals surface area contributed by atoms with E-state index in [-0.39, 0.29) is 46.5 Å². The summed E-state index contributed by atoms with van der Waals surface area (Å²) in [6.45, 7) is 0. The highest BCUT2D eigenvalue weighted by Gasteiger charge is 2.31. The molecular formula is C25H19NO9. The van der Waals surface area contributed by atoms with Crippen LogP contribution < -0.4 is 14.2 Å². The largest absolute Gasteiger partial charge is 0.507 e. The Hall–Kier alpha value is -4.86. The molecule has 0 spiro atoms. The van der Waals surface area contributed by atoms with Gasteiger partial charge in [0.25, 0.3) is 5.69 Å². The lowest BCUT2D eigenvalue weighted by atomic mass is 9.95. The molecule has 35 heavy (non-hydrogen) atoms. The number of ether oxygens (including phenoxy) is 3. The first-order valence-corrected chi connectivity index (χ1v) is 10.3. The summed E-state index contributed by atoms with van der Waals surface area (Å²) in [5, 5.41) is 31.1. The molecule has 1 aliphatic heterocycles. The van der Waals surface area contributed by atoms with Crippen molar-refractivity contribution in [2.75, 3.05) is 7.11 Å². The van der Waals surface area contributed by atoms with Gasteiger partial charge < -0.3 is 24.4 Å². The van der Waals surface area contributed by atoms with Crippen molar-refractivity contribution in [3.63, 3.8) is 0 Å². The number of carbonyl (C=O) groups is 2. The highest BCUT2D eigenvalue weighted by Crippen LogP contribution is 2.43. The Morgan fingerprint density at radius 3 is 2.51 bits per heavy atom. The fourth-order valence-electron chi connectivity index (χ4n) is 3.59. The highest BCUT2D eigenvalue weighted by atomic mass is 16.6. The van der Waals surface area contributed by atoms with Crippen molar-refractivity contribution in [2.24, 2.45) is 0 Å². The van der Waals surface area contributed by atoms with Gasteiger partial charge in [-0.2, -0.15) is 0 Å². The maximum Gasteiger partial charge on any atom is 0.336 e. The number of hydrogen-bond acceptors (Lipinski definition) is 9. The van der Waals surface area contributed by atoms with E-state index >= 15 is 0 Å². The van der Waals surface area contributed by atoms with Gasteiger partial charge in [0.2, 0.25) is 0 Å². The number of esters is 1. The average molecular weight is 477 g/mol. The second-order valence-electron chi connectivity index (χ2n) is 7.58. The van der Waals surface area contributed by atoms with Crippen LogP contribution in [0.5, 0.6) is 28.7 Å². The number of non-ortho nitro benzene ring substituents is 1. The van der Waals surface area contributed by atoms with E-state index in [0.29, 0.717) is 11.1 Å². The van der Waals surface area contributed by atoms with Crippen molar-refractivity contribution in [2.45, 2.75) is 12.5 Å². The van der Waals surface area contributed by atoms with Crippen LogP contribution in [-0.4, -0.2) is 34.0 Å². The quantitative estimate of drug-likeness (QED) is 0.174. The number of ketones is 1. The number of carbonyl (C=O) groups excluding carboxylic acids is 2. The maximum absolute atomic E-state index is 12.7. The van der Waals surface area contributed by atoms with Crippen LogP contribution in [-0.2, 0) is 4.79 Å². The van der Waals surface area contributed by atoms with E-state index in [9.17, 15) is 29.9 Å². The standard InChI is InChI=1S/C25H19NO9/c1-33-21-8-5-15(10-18(21)27)22-13-20(29)25-19(28)11-17(12-23(25)35-22)34-24(30)9-4-14-2-6-16(7-3-14)26(31)32/h2-12,22,27-28H,13H2,1H3/b9-4+/t22-/m0/s1. The van der Waals surface area contributed by atoms with E-state index in [1.807, 2.05) is 0 Å². The molecular weight excluding hydrogens is 458 g/mol. The molecule has 0 unspecified atom stereocenters. The lowest BCUT2D eigenvalue weighted by molar-refractivity contribution is -0.384. The van der Waals surface area contributed by atoms with Crippen LogP contribution >= 0.6 is 0 Å². The zero-order valence-electron chi connectivity index (χ0n) is 18.3. The van der Waals surface area contributed by atoms with E-state index in [1.165, 1.54) is 49.6 Å². The SMILES string of the molecule is COc1ccc([C@@H]2CC(=O)c3c(O)cc(OC(=O)/C=C/c4ccc([N+](=O)[O-])cc4)cc3O2)cc1O. The van der Waals surface area contributed by atoms with Crippen molar-refractivity contribution in [3.8, 4) is 28.7 Å². The molecule has 4 rings (SSSR count). The van der Waals surface area contributed by atoms with Crippen LogP contribution in [0, 0.1) is 10.1 Å². The number of Topliss-reactive ketones (excluding diaryl/α,β-unsaturated/α-hetero) is 1. The molecule has 1 heterocycles. The third-order valence-corrected chi connectivity index (χ3v) is 5.28. The Kier molecular flexibility index (Phi) is 6.36. The van der Waals surface area contributed by atoms with Gasteiger partial charge in [-0.3, -0.25) is 14.9 Å². The number of phenols is 2. The molecule has 1 aliphatic rings. The first-order chi connectivity index (χ1) is 16.7. The van der Waals surface area contributed by atoms with E-state index in [4.69, 9.17) is 14.2 Å². The van der Waals surface area contributed by atoms with Crippen molar-refractivity contribution in [3.05, 3.63) is 87.5 Å². The van der Waals surface area contributed by atoms with E-state index in [1.54, 1.807) is 12.1 Å². The molecule has 0 aromatic heterocycles. The van der Waals surface area contributed by atoms with Crippen LogP contribution in [0.4, 0.5) is 5.69 Å². The van der Waals surface area contributed by atoms with Gasteiger partial charge in [0.1, 0.15) is 28.9 Å². The van der Waals surface area contributed by atoms with Crippen LogP contribution in [0.25, 0.3) is 6.08 Å². The number of phenolic OH excluding ortho intramolecular Hbond substituents is 2. The smallest absolute Gasteiger partial charge is 0.336 e. The van der Waals surface area contributed by atoms with Gasteiger partial charge in [-0.1, -0.05) is 6.07 Å². The summed E-state index contributed by atoms with van der Waals surface area (Å²) in [5.74, 6) is -1.41. The number of rotatable bonds is 6. The van der Waals surface area contributed by atoms with Crippen LogP contribution in [0.3, 0.4) is 0 Å². The molecule has 2 N–H and O–H groups in total. The lowest BCUT2D eigenvalue weighted by Gasteiger charge is -2.26. The molecule has 10 nitrogen and oxygen atoms in total. The van der Waals surface area contributed by atoms with Gasteiger partial charge in [-0.15, -0.1) is 0 Å². The second-order valence-corrected chi connectivity index (χ2v) is 7.58. The van der Waals surface area contributed by atoms with Crippen LogP contribution in [0.1, 0.15) is 34.0 Å². The normalized spacial score (nSPS) is 14.8. The second kappa shape index (κ2) is 9.56. The lowest BCUT2D eigenvalue weighted by Crippen LogP contribution is -2.20. The molecule has 178 valence electrons. The number of hydrogen-bond donors (Lipinski definition) is 2. The van der Waals surface area contributed by atoms with E-state index in [0.717, 1.165) is 12.1 Å². The Morgan fingerprint density at radius 2 is 1.86 bits per heavy atom. The van der Waals surface area contributed by atoms with Gasteiger partial charge in [0.15, 0.2) is 17.3 Å². The Bertz CT molecular complexity index is 1350. The summed E-state index contributed by atoms with van der Waals surface area (Å²) in [6, 6.07) is 12.6. The number of nitro groups is 1. The number of benzene rings is 3. The van der Waals surface area contributed by atoms with Gasteiger partial charge >= 0.3 is 5.97 Å². The fourth-order valence-corrected chi connectivity index (χ4v) is 3.59. The topological polar surface area (TPSA) is 145 Å². The highest BCUT2D eigenvalue weighted by molar-refractivity contribution is 6.03. The van der Waals surface area contributed by atoms with Crippen molar-refractivity contribution >= 4 is 23.5 Å². The number of fused-ring (bicyclic) bond motifs is 1. The predicted molar refractivity (Wildman–Crippen MR) is 123 cm³/mol. The molecule has 0 saturated heterocycles. The van der Waals surface area contributed by atoms with Crippen LogP contribution in [0.15, 0.2) is 60.7 Å². The third kappa shape index (κ3) is 5.06. The van der Waals surface area contributed by atoms with Crippen molar-refractivity contribution < 1.29 is 38.9 Å². The first kappa shape index (κ1) is 23.3. The molecule has 0 amide bonds. The summed E-state index contributed by atoms with van der Waals surface area (Å²) in [5.41, 5.74) is 0.961. The van der Waals surface area contributed by atoms with Gasteiger partial charge in [-0.05, 0) is 41.5 Å². The molecule has 0 bridgehead atoms. The predicted octanol–water partition coefficient (Wildman–Crippen LogP) is 4.34. The summed E-state index contributed by atoms with van der Waals surface area (Å²) in [4.78, 5) is 35.1. The fraction of sp³-hybridized carbons (Fsp3) is 0.120. The summed E-state index contributed by atoms with van der Waals surface area (Å²) in [7, 11) is 1.42. The molecule has 0 saturated carbocycles. The minimum Gasteiger partial charge on any atom is -0.507 e. The molecule has 0 fully saturated rings. The monoisotopic (exact) mass is 477 g/mol. The van der Waals surface area contributed by atoms with Gasteiger partial charge in [-0.25, -0.2) is 4.79 Å². The van der Waals surface area contributed by atoms with Crippen LogP contribution in [0.2, 0.25) is 0 Å². The minimum atomic E-state index is -0.776. The Balaban J connectivity index is 1.51. The number of nitrogens with zero attached hydrogens (tertiary/aromatic N) is 1. The molecule has 0 aliphatic carbocycles. The summed E-state index contributed by atoms with van der Waals surface area (Å²) in [6.07, 6.45) is 1.73. The summed E-state index contributed by atoms with van der Waals surface area (Å²) < 4.78 is 16.1. The zero-order chi connectivity index (χ0) is 25.1. The summed E-state index contributed by atoms with van der Waals surface area (Å²) >= 11 is 0. The molecule has 0 radical (unpaired) electrons. The molecule has 3 aromatic carbocycles. The van der Waals surface area contributed by atoms with E-state index < -0.39 is 22.7 Å². The number of aromatic hydroxyl groups is 2. The van der Waals surface area contributed by atoms with Crippen molar-refractivity contribution in [1.82, 2.24) is 0 Å². The van der Waals surface area contributed by atoms with E-state index in [2.05, 4.69) is 0 Å². The van der Waals surface area contributed by atoms with Crippen molar-refractivity contribution in [1.29, 1.82) is 0 Å².